The standard InChI is InChI=1S/C14H16N2O4S.C6H4ClFS/c1-21(19,20)12-4-5-15-14-10(12)8-11-9(7-13(17)18)3-2-6-16(11)14;7-5-3-4(8)1-2-6(5)9/h4-5,8-9H,2-3,6-7H2,1H3,(H,17,18);1-3,9H. The van der Waals surface area contributed by atoms with Crippen LogP contribution < -0.4 is 0 Å². The molecular weight excluding hydrogens is 451 g/mol. The maximum absolute atomic E-state index is 12.2. The molecule has 0 saturated heterocycles. The second kappa shape index (κ2) is 8.95. The zero-order valence-electron chi connectivity index (χ0n) is 16.0. The Hall–Kier alpha value is -2.10. The topological polar surface area (TPSA) is 89.3 Å². The van der Waals surface area contributed by atoms with Gasteiger partial charge in [-0.2, -0.15) is 0 Å². The maximum atomic E-state index is 12.2. The smallest absolute Gasteiger partial charge is 0.304 e. The van der Waals surface area contributed by atoms with Crippen molar-refractivity contribution in [1.82, 2.24) is 9.55 Å². The fourth-order valence-corrected chi connectivity index (χ4v) is 4.75. The molecule has 1 N–H and O–H groups in total. The van der Waals surface area contributed by atoms with Crippen LogP contribution in [0.15, 0.2) is 46.3 Å². The van der Waals surface area contributed by atoms with Crippen LogP contribution in [0.3, 0.4) is 0 Å². The van der Waals surface area contributed by atoms with Crippen molar-refractivity contribution < 1.29 is 22.7 Å². The van der Waals surface area contributed by atoms with Crippen LogP contribution in [-0.4, -0.2) is 35.3 Å². The van der Waals surface area contributed by atoms with Crippen molar-refractivity contribution in [2.24, 2.45) is 0 Å². The molecule has 0 radical (unpaired) electrons. The average molecular weight is 471 g/mol. The Labute approximate surface area is 184 Å². The van der Waals surface area contributed by atoms with Crippen LogP contribution in [0.25, 0.3) is 11.0 Å². The zero-order valence-corrected chi connectivity index (χ0v) is 18.5. The van der Waals surface area contributed by atoms with E-state index in [2.05, 4.69) is 17.6 Å². The van der Waals surface area contributed by atoms with Gasteiger partial charge >= 0.3 is 5.97 Å². The number of aryl methyl sites for hydroxylation is 1. The Morgan fingerprint density at radius 2 is 2.10 bits per heavy atom. The van der Waals surface area contributed by atoms with E-state index in [1.165, 1.54) is 36.7 Å². The molecule has 0 bridgehead atoms. The summed E-state index contributed by atoms with van der Waals surface area (Å²) in [5.41, 5.74) is 1.50. The lowest BCUT2D eigenvalue weighted by Crippen LogP contribution is -2.17. The molecule has 3 heterocycles. The van der Waals surface area contributed by atoms with Crippen molar-refractivity contribution in [3.63, 3.8) is 0 Å². The van der Waals surface area contributed by atoms with Crippen LogP contribution in [0, 0.1) is 5.82 Å². The molecule has 160 valence electrons. The molecule has 0 saturated carbocycles. The highest BCUT2D eigenvalue weighted by atomic mass is 35.5. The highest BCUT2D eigenvalue weighted by Gasteiger charge is 2.27. The number of pyridine rings is 1. The third-order valence-electron chi connectivity index (χ3n) is 4.87. The molecule has 0 amide bonds. The Morgan fingerprint density at radius 3 is 2.70 bits per heavy atom. The van der Waals surface area contributed by atoms with E-state index in [0.29, 0.717) is 21.0 Å². The number of benzene rings is 1. The average Bonchev–Trinajstić information content (AvgIpc) is 3.04. The van der Waals surface area contributed by atoms with E-state index in [1.807, 2.05) is 4.57 Å². The van der Waals surface area contributed by atoms with Gasteiger partial charge < -0.3 is 9.67 Å². The summed E-state index contributed by atoms with van der Waals surface area (Å²) in [5.74, 6) is -1.26. The fraction of sp³-hybridized carbons (Fsp3) is 0.300. The second-order valence-electron chi connectivity index (χ2n) is 7.07. The number of carboxylic acids is 1. The Kier molecular flexibility index (Phi) is 6.74. The lowest BCUT2D eigenvalue weighted by Gasteiger charge is -2.23. The number of aliphatic carboxylic acids is 1. The number of nitrogens with zero attached hydrogens (tertiary/aromatic N) is 2. The van der Waals surface area contributed by atoms with Gasteiger partial charge in [-0.1, -0.05) is 11.6 Å². The van der Waals surface area contributed by atoms with Gasteiger partial charge in [0.15, 0.2) is 9.84 Å². The summed E-state index contributed by atoms with van der Waals surface area (Å²) in [5, 5.41) is 9.97. The van der Waals surface area contributed by atoms with E-state index >= 15 is 0 Å². The van der Waals surface area contributed by atoms with Gasteiger partial charge in [-0.15, -0.1) is 12.6 Å². The lowest BCUT2D eigenvalue weighted by molar-refractivity contribution is -0.137. The molecule has 1 aliphatic rings. The van der Waals surface area contributed by atoms with Crippen LogP contribution in [0.1, 0.15) is 30.9 Å². The summed E-state index contributed by atoms with van der Waals surface area (Å²) in [6, 6.07) is 7.35. The minimum atomic E-state index is -3.34. The largest absolute Gasteiger partial charge is 0.481 e. The first-order valence-electron chi connectivity index (χ1n) is 9.12. The fourth-order valence-electron chi connectivity index (χ4n) is 3.58. The molecule has 0 spiro atoms. The number of carbonyl (C=O) groups is 1. The van der Waals surface area contributed by atoms with Crippen LogP contribution in [-0.2, 0) is 21.2 Å². The van der Waals surface area contributed by atoms with Gasteiger partial charge in [-0.25, -0.2) is 17.8 Å². The summed E-state index contributed by atoms with van der Waals surface area (Å²) < 4.78 is 38.0. The van der Waals surface area contributed by atoms with Crippen LogP contribution in [0.5, 0.6) is 0 Å². The van der Waals surface area contributed by atoms with Crippen LogP contribution >= 0.6 is 24.2 Å². The summed E-state index contributed by atoms with van der Waals surface area (Å²) in [7, 11) is -3.34. The Morgan fingerprint density at radius 1 is 1.37 bits per heavy atom. The predicted molar refractivity (Wildman–Crippen MR) is 116 cm³/mol. The van der Waals surface area contributed by atoms with Gasteiger partial charge in [0.25, 0.3) is 0 Å². The van der Waals surface area contributed by atoms with Crippen molar-refractivity contribution in [1.29, 1.82) is 0 Å². The minimum Gasteiger partial charge on any atom is -0.481 e. The van der Waals surface area contributed by atoms with E-state index < -0.39 is 15.8 Å². The molecule has 6 nitrogen and oxygen atoms in total. The van der Waals surface area contributed by atoms with Crippen molar-refractivity contribution in [2.75, 3.05) is 6.26 Å². The summed E-state index contributed by atoms with van der Waals surface area (Å²) in [6.45, 7) is 0.745. The van der Waals surface area contributed by atoms with Gasteiger partial charge in [-0.05, 0) is 43.2 Å². The molecule has 30 heavy (non-hydrogen) atoms. The Balaban J connectivity index is 0.000000239. The Bertz CT molecular complexity index is 1210. The number of thiol groups is 1. The third-order valence-corrected chi connectivity index (χ3v) is 6.86. The number of fused-ring (bicyclic) bond motifs is 3. The van der Waals surface area contributed by atoms with E-state index in [9.17, 15) is 17.6 Å². The predicted octanol–water partition coefficient (Wildman–Crippen LogP) is 4.56. The van der Waals surface area contributed by atoms with E-state index in [-0.39, 0.29) is 23.1 Å². The molecule has 2 aromatic heterocycles. The monoisotopic (exact) mass is 470 g/mol. The zero-order chi connectivity index (χ0) is 22.1. The third kappa shape index (κ3) is 4.96. The highest BCUT2D eigenvalue weighted by Crippen LogP contribution is 2.36. The van der Waals surface area contributed by atoms with E-state index in [0.717, 1.165) is 25.1 Å². The maximum Gasteiger partial charge on any atom is 0.304 e. The highest BCUT2D eigenvalue weighted by molar-refractivity contribution is 7.91. The molecule has 4 rings (SSSR count). The molecule has 1 aromatic carbocycles. The van der Waals surface area contributed by atoms with Gasteiger partial charge in [0.1, 0.15) is 11.5 Å². The number of sulfone groups is 1. The number of halogens is 2. The van der Waals surface area contributed by atoms with Crippen molar-refractivity contribution >= 4 is 51.1 Å². The second-order valence-corrected chi connectivity index (χ2v) is 9.95. The van der Waals surface area contributed by atoms with Crippen LogP contribution in [0.2, 0.25) is 5.02 Å². The SMILES string of the molecule is CS(=O)(=O)c1ccnc2c1cc1n2CCCC1CC(=O)O.Fc1ccc(S)c(Cl)c1. The lowest BCUT2D eigenvalue weighted by atomic mass is 9.93. The van der Waals surface area contributed by atoms with Gasteiger partial charge in [-0.3, -0.25) is 4.79 Å². The number of hydrogen-bond donors (Lipinski definition) is 2. The first-order chi connectivity index (χ1) is 14.1. The van der Waals surface area contributed by atoms with Gasteiger partial charge in [0, 0.05) is 40.9 Å². The van der Waals surface area contributed by atoms with Gasteiger partial charge in [0.2, 0.25) is 0 Å². The quantitative estimate of drug-likeness (QED) is 0.548. The first kappa shape index (κ1) is 22.6. The normalized spacial score (nSPS) is 15.9. The van der Waals surface area contributed by atoms with Crippen LogP contribution in [0.4, 0.5) is 4.39 Å². The van der Waals surface area contributed by atoms with Crippen molar-refractivity contribution in [2.45, 2.75) is 41.5 Å². The van der Waals surface area contributed by atoms with Gasteiger partial charge in [0.05, 0.1) is 16.3 Å². The number of aromatic nitrogens is 2. The first-order valence-corrected chi connectivity index (χ1v) is 11.8. The molecular formula is C20H20ClFN2O4S2. The molecule has 3 aromatic rings. The molecule has 10 heteroatoms. The van der Waals surface area contributed by atoms with Crippen molar-refractivity contribution in [3.8, 4) is 0 Å². The molecule has 0 aliphatic carbocycles. The molecule has 0 fully saturated rings. The molecule has 1 atom stereocenters. The van der Waals surface area contributed by atoms with E-state index in [4.69, 9.17) is 16.7 Å². The van der Waals surface area contributed by atoms with Crippen molar-refractivity contribution in [3.05, 3.63) is 53.1 Å². The molecule has 1 aliphatic heterocycles. The number of rotatable bonds is 3. The minimum absolute atomic E-state index is 0.0600. The molecule has 1 unspecified atom stereocenters. The number of carboxylic acid groups (broad SMARTS) is 1. The summed E-state index contributed by atoms with van der Waals surface area (Å²) in [4.78, 5) is 16.1. The van der Waals surface area contributed by atoms with E-state index in [1.54, 1.807) is 6.07 Å². The number of hydrogen-bond acceptors (Lipinski definition) is 5. The summed E-state index contributed by atoms with van der Waals surface area (Å²) in [6.07, 6.45) is 4.40. The summed E-state index contributed by atoms with van der Waals surface area (Å²) >= 11 is 9.44.